The number of benzene rings is 1. The van der Waals surface area contributed by atoms with Crippen LogP contribution in [0.25, 0.3) is 11.0 Å². The average molecular weight is 247 g/mol. The summed E-state index contributed by atoms with van der Waals surface area (Å²) in [5, 5.41) is 13.7. The van der Waals surface area contributed by atoms with E-state index in [1.807, 2.05) is 24.5 Å². The lowest BCUT2D eigenvalue weighted by Crippen LogP contribution is -2.26. The van der Waals surface area contributed by atoms with Gasteiger partial charge in [-0.15, -0.1) is 0 Å². The Kier molecular flexibility index (Phi) is 4.79. The summed E-state index contributed by atoms with van der Waals surface area (Å²) in [4.78, 5) is 0. The molecule has 98 valence electrons. The molecule has 3 nitrogen and oxygen atoms in total. The van der Waals surface area contributed by atoms with Crippen LogP contribution in [0.1, 0.15) is 18.9 Å². The van der Waals surface area contributed by atoms with E-state index in [2.05, 4.69) is 18.3 Å². The van der Waals surface area contributed by atoms with Crippen molar-refractivity contribution in [3.8, 4) is 0 Å². The van der Waals surface area contributed by atoms with Crippen LogP contribution in [0.5, 0.6) is 0 Å². The number of nitrogens with one attached hydrogen (secondary N) is 1. The van der Waals surface area contributed by atoms with Crippen LogP contribution in [-0.2, 0) is 6.42 Å². The fourth-order valence-electron chi connectivity index (χ4n) is 2.09. The Morgan fingerprint density at radius 2 is 2.17 bits per heavy atom. The van der Waals surface area contributed by atoms with E-state index in [4.69, 9.17) is 9.52 Å². The highest BCUT2D eigenvalue weighted by molar-refractivity contribution is 5.80. The van der Waals surface area contributed by atoms with Gasteiger partial charge in [0.15, 0.2) is 0 Å². The largest absolute Gasteiger partial charge is 0.464 e. The zero-order chi connectivity index (χ0) is 12.8. The molecule has 0 bridgehead atoms. The first kappa shape index (κ1) is 13.1. The lowest BCUT2D eigenvalue weighted by atomic mass is 10.1. The van der Waals surface area contributed by atoms with Crippen molar-refractivity contribution in [3.63, 3.8) is 0 Å². The molecule has 3 heteroatoms. The number of hydrogen-bond acceptors (Lipinski definition) is 3. The summed E-state index contributed by atoms with van der Waals surface area (Å²) in [5.74, 6) is 0.367. The number of hydrogen-bond donors (Lipinski definition) is 2. The van der Waals surface area contributed by atoms with E-state index in [1.165, 1.54) is 10.9 Å². The molecule has 2 aromatic rings. The Morgan fingerprint density at radius 1 is 1.33 bits per heavy atom. The number of para-hydroxylation sites is 1. The molecule has 0 radical (unpaired) electrons. The Morgan fingerprint density at radius 3 is 2.94 bits per heavy atom. The minimum atomic E-state index is 0.262. The van der Waals surface area contributed by atoms with E-state index < -0.39 is 0 Å². The Labute approximate surface area is 108 Å². The first-order valence-electron chi connectivity index (χ1n) is 6.61. The molecule has 18 heavy (non-hydrogen) atoms. The van der Waals surface area contributed by atoms with Crippen molar-refractivity contribution >= 4 is 11.0 Å². The van der Waals surface area contributed by atoms with Crippen molar-refractivity contribution in [1.29, 1.82) is 0 Å². The molecule has 0 spiro atoms. The second kappa shape index (κ2) is 6.57. The summed E-state index contributed by atoms with van der Waals surface area (Å²) in [5.41, 5.74) is 2.20. The monoisotopic (exact) mass is 247 g/mol. The summed E-state index contributed by atoms with van der Waals surface area (Å²) >= 11 is 0. The van der Waals surface area contributed by atoms with E-state index >= 15 is 0 Å². The Hall–Kier alpha value is -1.32. The Bertz CT molecular complexity index is 474. The van der Waals surface area contributed by atoms with Crippen molar-refractivity contribution in [2.24, 2.45) is 5.92 Å². The second-order valence-electron chi connectivity index (χ2n) is 4.67. The van der Waals surface area contributed by atoms with E-state index in [-0.39, 0.29) is 6.61 Å². The normalized spacial score (nSPS) is 13.0. The van der Waals surface area contributed by atoms with Gasteiger partial charge < -0.3 is 14.8 Å². The molecule has 0 saturated carbocycles. The molecule has 2 N–H and O–H groups in total. The van der Waals surface area contributed by atoms with E-state index in [0.717, 1.165) is 31.5 Å². The van der Waals surface area contributed by atoms with Crippen LogP contribution in [0.15, 0.2) is 34.9 Å². The van der Waals surface area contributed by atoms with Crippen LogP contribution >= 0.6 is 0 Å². The van der Waals surface area contributed by atoms with Crippen LogP contribution in [0.2, 0.25) is 0 Å². The van der Waals surface area contributed by atoms with Crippen molar-refractivity contribution in [2.75, 3.05) is 19.7 Å². The number of aliphatic hydroxyl groups excluding tert-OH is 1. The van der Waals surface area contributed by atoms with Gasteiger partial charge in [0, 0.05) is 18.5 Å². The van der Waals surface area contributed by atoms with Crippen molar-refractivity contribution in [1.82, 2.24) is 5.32 Å². The third kappa shape index (κ3) is 3.12. The molecule has 0 aliphatic heterocycles. The second-order valence-corrected chi connectivity index (χ2v) is 4.67. The SMILES string of the molecule is CCC(CO)CNCCc1coc2ccccc12. The number of aliphatic hydroxyl groups is 1. The van der Waals surface area contributed by atoms with Crippen LogP contribution in [-0.4, -0.2) is 24.8 Å². The van der Waals surface area contributed by atoms with Crippen LogP contribution in [0.4, 0.5) is 0 Å². The van der Waals surface area contributed by atoms with Crippen LogP contribution in [0, 0.1) is 5.92 Å². The molecule has 0 amide bonds. The van der Waals surface area contributed by atoms with E-state index in [1.54, 1.807) is 0 Å². The molecule has 2 rings (SSSR count). The maximum absolute atomic E-state index is 9.10. The van der Waals surface area contributed by atoms with Crippen molar-refractivity contribution < 1.29 is 9.52 Å². The van der Waals surface area contributed by atoms with E-state index in [0.29, 0.717) is 5.92 Å². The van der Waals surface area contributed by atoms with Gasteiger partial charge in [-0.3, -0.25) is 0 Å². The molecular formula is C15H21NO2. The Balaban J connectivity index is 1.83. The minimum Gasteiger partial charge on any atom is -0.464 e. The highest BCUT2D eigenvalue weighted by Gasteiger charge is 2.06. The van der Waals surface area contributed by atoms with Crippen LogP contribution in [0.3, 0.4) is 0 Å². The van der Waals surface area contributed by atoms with Gasteiger partial charge in [0.25, 0.3) is 0 Å². The number of rotatable bonds is 7. The molecule has 0 aliphatic rings. The summed E-state index contributed by atoms with van der Waals surface area (Å²) in [6, 6.07) is 8.11. The predicted molar refractivity (Wildman–Crippen MR) is 73.7 cm³/mol. The maximum atomic E-state index is 9.10. The molecule has 0 aliphatic carbocycles. The molecule has 1 aromatic heterocycles. The fourth-order valence-corrected chi connectivity index (χ4v) is 2.09. The van der Waals surface area contributed by atoms with Gasteiger partial charge in [-0.25, -0.2) is 0 Å². The summed E-state index contributed by atoms with van der Waals surface area (Å²) in [6.07, 6.45) is 3.81. The number of fused-ring (bicyclic) bond motifs is 1. The summed E-state index contributed by atoms with van der Waals surface area (Å²) < 4.78 is 5.50. The molecular weight excluding hydrogens is 226 g/mol. The summed E-state index contributed by atoms with van der Waals surface area (Å²) in [7, 11) is 0. The van der Waals surface area contributed by atoms with E-state index in [9.17, 15) is 0 Å². The third-order valence-corrected chi connectivity index (χ3v) is 3.40. The van der Waals surface area contributed by atoms with Crippen molar-refractivity contribution in [2.45, 2.75) is 19.8 Å². The smallest absolute Gasteiger partial charge is 0.134 e. The fraction of sp³-hybridized carbons (Fsp3) is 0.467. The molecule has 1 aromatic carbocycles. The minimum absolute atomic E-state index is 0.262. The molecule has 1 atom stereocenters. The third-order valence-electron chi connectivity index (χ3n) is 3.40. The standard InChI is InChI=1S/C15H21NO2/c1-2-12(10-17)9-16-8-7-13-11-18-15-6-4-3-5-14(13)15/h3-6,11-12,16-17H,2,7-10H2,1H3. The molecule has 0 fully saturated rings. The topological polar surface area (TPSA) is 45.4 Å². The molecule has 0 saturated heterocycles. The first-order chi connectivity index (χ1) is 8.85. The van der Waals surface area contributed by atoms with Gasteiger partial charge in [-0.1, -0.05) is 25.1 Å². The highest BCUT2D eigenvalue weighted by atomic mass is 16.3. The molecule has 1 heterocycles. The molecule has 1 unspecified atom stereocenters. The summed E-state index contributed by atoms with van der Waals surface area (Å²) in [6.45, 7) is 4.16. The van der Waals surface area contributed by atoms with Gasteiger partial charge in [0.2, 0.25) is 0 Å². The first-order valence-corrected chi connectivity index (χ1v) is 6.61. The quantitative estimate of drug-likeness (QED) is 0.739. The van der Waals surface area contributed by atoms with Crippen LogP contribution < -0.4 is 5.32 Å². The predicted octanol–water partition coefficient (Wildman–Crippen LogP) is 2.58. The number of furan rings is 1. The zero-order valence-electron chi connectivity index (χ0n) is 10.9. The zero-order valence-corrected chi connectivity index (χ0v) is 10.9. The van der Waals surface area contributed by atoms with Gasteiger partial charge in [0.1, 0.15) is 5.58 Å². The van der Waals surface area contributed by atoms with Gasteiger partial charge in [0.05, 0.1) is 6.26 Å². The lowest BCUT2D eigenvalue weighted by molar-refractivity contribution is 0.219. The van der Waals surface area contributed by atoms with Gasteiger partial charge in [-0.05, 0) is 36.9 Å². The average Bonchev–Trinajstić information content (AvgIpc) is 2.82. The van der Waals surface area contributed by atoms with Crippen molar-refractivity contribution in [3.05, 3.63) is 36.1 Å². The lowest BCUT2D eigenvalue weighted by Gasteiger charge is -2.12. The van der Waals surface area contributed by atoms with Gasteiger partial charge in [-0.2, -0.15) is 0 Å². The van der Waals surface area contributed by atoms with Gasteiger partial charge >= 0.3 is 0 Å². The highest BCUT2D eigenvalue weighted by Crippen LogP contribution is 2.20. The maximum Gasteiger partial charge on any atom is 0.134 e.